The van der Waals surface area contributed by atoms with Crippen molar-refractivity contribution in [2.75, 3.05) is 6.61 Å². The van der Waals surface area contributed by atoms with Crippen LogP contribution < -0.4 is 10.1 Å². The van der Waals surface area contributed by atoms with E-state index in [0.717, 1.165) is 17.6 Å². The summed E-state index contributed by atoms with van der Waals surface area (Å²) in [6.07, 6.45) is 6.75. The van der Waals surface area contributed by atoms with Crippen LogP contribution in [0.15, 0.2) is 24.3 Å². The van der Waals surface area contributed by atoms with Crippen molar-refractivity contribution in [1.29, 1.82) is 0 Å². The lowest BCUT2D eigenvalue weighted by molar-refractivity contribution is -0.127. The molecular weight excluding hydrogens is 310 g/mol. The summed E-state index contributed by atoms with van der Waals surface area (Å²) in [5.74, 6) is 4.12. The highest BCUT2D eigenvalue weighted by molar-refractivity contribution is 5.78. The van der Waals surface area contributed by atoms with Crippen molar-refractivity contribution >= 4 is 5.91 Å². The summed E-state index contributed by atoms with van der Waals surface area (Å²) in [6.45, 7) is 6.71. The molecule has 3 heteroatoms. The van der Waals surface area contributed by atoms with Gasteiger partial charge in [-0.3, -0.25) is 4.79 Å². The lowest BCUT2D eigenvalue weighted by Crippen LogP contribution is -2.56. The second-order valence-corrected chi connectivity index (χ2v) is 9.59. The number of carbonyl (C=O) groups is 1. The van der Waals surface area contributed by atoms with Crippen molar-refractivity contribution < 1.29 is 9.53 Å². The Balaban J connectivity index is 1.30. The number of hydrogen-bond donors (Lipinski definition) is 1. The Morgan fingerprint density at radius 1 is 1.00 bits per heavy atom. The number of amides is 1. The van der Waals surface area contributed by atoms with Crippen molar-refractivity contribution in [3.8, 4) is 5.75 Å². The zero-order chi connectivity index (χ0) is 17.6. The fourth-order valence-electron chi connectivity index (χ4n) is 5.59. The van der Waals surface area contributed by atoms with Gasteiger partial charge < -0.3 is 10.1 Å². The Labute approximate surface area is 151 Å². The summed E-state index contributed by atoms with van der Waals surface area (Å²) in [6, 6.07) is 8.51. The molecule has 0 unspecified atom stereocenters. The van der Waals surface area contributed by atoms with Crippen molar-refractivity contribution in [3.63, 3.8) is 0 Å². The van der Waals surface area contributed by atoms with Crippen LogP contribution in [0.4, 0.5) is 0 Å². The lowest BCUT2D eigenvalue weighted by atomic mass is 9.54. The maximum atomic E-state index is 12.4. The molecule has 0 saturated heterocycles. The van der Waals surface area contributed by atoms with E-state index in [-0.39, 0.29) is 17.9 Å². The monoisotopic (exact) mass is 341 g/mol. The summed E-state index contributed by atoms with van der Waals surface area (Å²) < 4.78 is 5.72. The van der Waals surface area contributed by atoms with Gasteiger partial charge >= 0.3 is 0 Å². The summed E-state index contributed by atoms with van der Waals surface area (Å²) in [7, 11) is 0. The van der Waals surface area contributed by atoms with Crippen LogP contribution in [-0.4, -0.2) is 18.6 Å². The molecule has 5 rings (SSSR count). The van der Waals surface area contributed by atoms with Crippen LogP contribution >= 0.6 is 0 Å². The molecule has 1 amide bonds. The minimum Gasteiger partial charge on any atom is -0.484 e. The van der Waals surface area contributed by atoms with Crippen LogP contribution in [0.5, 0.6) is 5.75 Å². The molecule has 3 nitrogen and oxygen atoms in total. The van der Waals surface area contributed by atoms with E-state index in [1.165, 1.54) is 37.7 Å². The normalized spacial score (nSPS) is 33.3. The Kier molecular flexibility index (Phi) is 4.29. The maximum Gasteiger partial charge on any atom is 0.258 e. The zero-order valence-corrected chi connectivity index (χ0v) is 15.8. The standard InChI is InChI=1S/C22H31NO2/c1-22(2,3)18-4-6-19(7-5-18)25-13-20(24)23-21-16-9-14-8-15(11-16)12-17(21)10-14/h4-7,14-17,21H,8-13H2,1-3H3,(H,23,24). The van der Waals surface area contributed by atoms with E-state index in [9.17, 15) is 4.79 Å². The second-order valence-electron chi connectivity index (χ2n) is 9.59. The number of hydrogen-bond acceptors (Lipinski definition) is 2. The number of benzene rings is 1. The number of carbonyl (C=O) groups excluding carboxylic acids is 1. The van der Waals surface area contributed by atoms with E-state index in [1.807, 2.05) is 12.1 Å². The molecule has 4 saturated carbocycles. The fourth-order valence-corrected chi connectivity index (χ4v) is 5.59. The Bertz CT molecular complexity index is 600. The Morgan fingerprint density at radius 3 is 2.08 bits per heavy atom. The molecular formula is C22H31NO2. The smallest absolute Gasteiger partial charge is 0.258 e. The van der Waals surface area contributed by atoms with Crippen molar-refractivity contribution in [3.05, 3.63) is 29.8 Å². The van der Waals surface area contributed by atoms with E-state index in [4.69, 9.17) is 4.74 Å². The average molecular weight is 341 g/mol. The predicted octanol–water partition coefficient (Wildman–Crippen LogP) is 4.30. The minimum atomic E-state index is 0.0392. The summed E-state index contributed by atoms with van der Waals surface area (Å²) in [5, 5.41) is 3.30. The van der Waals surface area contributed by atoms with Gasteiger partial charge in [-0.2, -0.15) is 0 Å². The van der Waals surface area contributed by atoms with Crippen LogP contribution in [0.3, 0.4) is 0 Å². The zero-order valence-electron chi connectivity index (χ0n) is 15.8. The molecule has 4 bridgehead atoms. The first-order valence-corrected chi connectivity index (χ1v) is 9.91. The molecule has 0 heterocycles. The molecule has 0 radical (unpaired) electrons. The van der Waals surface area contributed by atoms with Crippen molar-refractivity contribution in [1.82, 2.24) is 5.32 Å². The third-order valence-corrected chi connectivity index (χ3v) is 6.64. The largest absolute Gasteiger partial charge is 0.484 e. The third-order valence-electron chi connectivity index (χ3n) is 6.64. The highest BCUT2D eigenvalue weighted by atomic mass is 16.5. The molecule has 25 heavy (non-hydrogen) atoms. The fraction of sp³-hybridized carbons (Fsp3) is 0.682. The van der Waals surface area contributed by atoms with Gasteiger partial charge in [0.1, 0.15) is 5.75 Å². The second kappa shape index (κ2) is 6.34. The first kappa shape index (κ1) is 16.9. The van der Waals surface area contributed by atoms with Gasteiger partial charge in [0, 0.05) is 6.04 Å². The van der Waals surface area contributed by atoms with Gasteiger partial charge in [0.2, 0.25) is 0 Å². The van der Waals surface area contributed by atoms with Gasteiger partial charge in [0.05, 0.1) is 0 Å². The van der Waals surface area contributed by atoms with Gasteiger partial charge in [-0.05, 0) is 78.9 Å². The van der Waals surface area contributed by atoms with E-state index in [1.54, 1.807) is 0 Å². The van der Waals surface area contributed by atoms with Crippen molar-refractivity contribution in [2.45, 2.75) is 64.3 Å². The van der Waals surface area contributed by atoms with Crippen LogP contribution in [0, 0.1) is 23.7 Å². The molecule has 1 N–H and O–H groups in total. The van der Waals surface area contributed by atoms with Gasteiger partial charge in [-0.15, -0.1) is 0 Å². The Morgan fingerprint density at radius 2 is 1.56 bits per heavy atom. The highest BCUT2D eigenvalue weighted by Gasteiger charge is 2.48. The topological polar surface area (TPSA) is 38.3 Å². The third kappa shape index (κ3) is 3.56. The van der Waals surface area contributed by atoms with Gasteiger partial charge in [0.15, 0.2) is 6.61 Å². The van der Waals surface area contributed by atoms with E-state index in [0.29, 0.717) is 17.9 Å². The van der Waals surface area contributed by atoms with E-state index in [2.05, 4.69) is 38.2 Å². The quantitative estimate of drug-likeness (QED) is 0.886. The Hall–Kier alpha value is -1.51. The van der Waals surface area contributed by atoms with Crippen LogP contribution in [-0.2, 0) is 10.2 Å². The molecule has 1 aromatic carbocycles. The molecule has 0 aliphatic heterocycles. The summed E-state index contributed by atoms with van der Waals surface area (Å²) in [5.41, 5.74) is 1.41. The molecule has 1 aromatic rings. The van der Waals surface area contributed by atoms with E-state index >= 15 is 0 Å². The number of rotatable bonds is 4. The summed E-state index contributed by atoms with van der Waals surface area (Å²) in [4.78, 5) is 12.4. The molecule has 0 atom stereocenters. The molecule has 0 spiro atoms. The van der Waals surface area contributed by atoms with E-state index < -0.39 is 0 Å². The van der Waals surface area contributed by atoms with Crippen LogP contribution in [0.25, 0.3) is 0 Å². The number of ether oxygens (including phenoxy) is 1. The molecule has 4 fully saturated rings. The first-order chi connectivity index (χ1) is 11.9. The minimum absolute atomic E-state index is 0.0392. The average Bonchev–Trinajstić information content (AvgIpc) is 2.55. The highest BCUT2D eigenvalue weighted by Crippen LogP contribution is 2.53. The number of nitrogens with one attached hydrogen (secondary N) is 1. The van der Waals surface area contributed by atoms with Gasteiger partial charge in [-0.25, -0.2) is 0 Å². The maximum absolute atomic E-state index is 12.4. The molecule has 4 aliphatic carbocycles. The van der Waals surface area contributed by atoms with Crippen molar-refractivity contribution in [2.24, 2.45) is 23.7 Å². The molecule has 4 aliphatic rings. The molecule has 136 valence electrons. The predicted molar refractivity (Wildman–Crippen MR) is 99.6 cm³/mol. The first-order valence-electron chi connectivity index (χ1n) is 9.91. The van der Waals surface area contributed by atoms with Crippen LogP contribution in [0.1, 0.15) is 58.4 Å². The molecule has 0 aromatic heterocycles. The summed E-state index contributed by atoms with van der Waals surface area (Å²) >= 11 is 0. The van der Waals surface area contributed by atoms with Gasteiger partial charge in [-0.1, -0.05) is 32.9 Å². The van der Waals surface area contributed by atoms with Crippen LogP contribution in [0.2, 0.25) is 0 Å². The lowest BCUT2D eigenvalue weighted by Gasteiger charge is -2.54. The van der Waals surface area contributed by atoms with Gasteiger partial charge in [0.25, 0.3) is 5.91 Å². The SMILES string of the molecule is CC(C)(C)c1ccc(OCC(=O)NC2C3CC4CC(C3)CC2C4)cc1.